The average molecular weight is 386 g/mol. The fourth-order valence-electron chi connectivity index (χ4n) is 4.38. The molecule has 2 aromatic carbocycles. The molecule has 0 saturated carbocycles. The van der Waals surface area contributed by atoms with Crippen molar-refractivity contribution in [2.75, 3.05) is 6.54 Å². The molecule has 5 nitrogen and oxygen atoms in total. The lowest BCUT2D eigenvalue weighted by molar-refractivity contribution is 0.129. The maximum Gasteiger partial charge on any atom is 0.226 e. The molecule has 1 atom stereocenters. The maximum atomic E-state index is 6.08. The van der Waals surface area contributed by atoms with Crippen LogP contribution in [0.3, 0.4) is 0 Å². The molecule has 1 aliphatic heterocycles. The first-order valence-electron chi connectivity index (χ1n) is 10.4. The van der Waals surface area contributed by atoms with E-state index in [0.717, 1.165) is 42.4 Å². The van der Waals surface area contributed by atoms with E-state index in [-0.39, 0.29) is 0 Å². The van der Waals surface area contributed by atoms with Crippen LogP contribution in [0, 0.1) is 6.92 Å². The predicted molar refractivity (Wildman–Crippen MR) is 114 cm³/mol. The normalized spacial score (nSPS) is 17.8. The topological polar surface area (TPSA) is 47.1 Å². The van der Waals surface area contributed by atoms with Crippen LogP contribution >= 0.6 is 0 Å². The molecule has 0 N–H and O–H groups in total. The summed E-state index contributed by atoms with van der Waals surface area (Å²) in [7, 11) is 2.08. The van der Waals surface area contributed by atoms with Gasteiger partial charge in [-0.1, -0.05) is 36.8 Å². The Kier molecular flexibility index (Phi) is 4.68. The minimum atomic E-state index is 0.337. The number of nitrogens with zero attached hydrogens (tertiary/aromatic N) is 4. The van der Waals surface area contributed by atoms with Crippen LogP contribution in [-0.4, -0.2) is 26.0 Å². The van der Waals surface area contributed by atoms with Gasteiger partial charge in [0.1, 0.15) is 11.6 Å². The van der Waals surface area contributed by atoms with Gasteiger partial charge in [0.05, 0.1) is 11.7 Å². The predicted octanol–water partition coefficient (Wildman–Crippen LogP) is 5.26. The van der Waals surface area contributed by atoms with E-state index < -0.39 is 0 Å². The van der Waals surface area contributed by atoms with Crippen LogP contribution in [0.1, 0.15) is 42.6 Å². The Morgan fingerprint density at radius 3 is 2.79 bits per heavy atom. The second kappa shape index (κ2) is 7.48. The molecular formula is C24H26N4O. The molecule has 5 heteroatoms. The van der Waals surface area contributed by atoms with Crippen molar-refractivity contribution in [1.82, 2.24) is 19.4 Å². The van der Waals surface area contributed by atoms with Crippen LogP contribution in [0.2, 0.25) is 0 Å². The van der Waals surface area contributed by atoms with Crippen molar-refractivity contribution in [2.24, 2.45) is 7.05 Å². The molecule has 5 rings (SSSR count). The van der Waals surface area contributed by atoms with E-state index >= 15 is 0 Å². The third kappa shape index (κ3) is 3.47. The van der Waals surface area contributed by atoms with E-state index in [0.29, 0.717) is 11.9 Å². The fourth-order valence-corrected chi connectivity index (χ4v) is 4.38. The number of hydrogen-bond acceptors (Lipinski definition) is 4. The Morgan fingerprint density at radius 1 is 1.10 bits per heavy atom. The molecule has 3 heterocycles. The first kappa shape index (κ1) is 18.1. The van der Waals surface area contributed by atoms with Gasteiger partial charge in [0.15, 0.2) is 0 Å². The van der Waals surface area contributed by atoms with Crippen LogP contribution < -0.4 is 0 Å². The second-order valence-electron chi connectivity index (χ2n) is 7.96. The zero-order valence-electron chi connectivity index (χ0n) is 17.0. The van der Waals surface area contributed by atoms with Crippen molar-refractivity contribution in [3.05, 3.63) is 72.1 Å². The number of imidazole rings is 1. The summed E-state index contributed by atoms with van der Waals surface area (Å²) >= 11 is 0. The van der Waals surface area contributed by atoms with Gasteiger partial charge >= 0.3 is 0 Å². The molecule has 0 spiro atoms. The van der Waals surface area contributed by atoms with E-state index in [4.69, 9.17) is 9.40 Å². The molecule has 1 aliphatic rings. The molecule has 0 bridgehead atoms. The average Bonchev–Trinajstić information content (AvgIpc) is 3.34. The molecule has 4 aromatic rings. The summed E-state index contributed by atoms with van der Waals surface area (Å²) < 4.78 is 8.22. The van der Waals surface area contributed by atoms with Gasteiger partial charge in [0.25, 0.3) is 0 Å². The summed E-state index contributed by atoms with van der Waals surface area (Å²) in [6.45, 7) is 3.88. The molecule has 1 saturated heterocycles. The van der Waals surface area contributed by atoms with Crippen LogP contribution in [0.15, 0.2) is 59.3 Å². The third-order valence-corrected chi connectivity index (χ3v) is 6.01. The highest BCUT2D eigenvalue weighted by Gasteiger charge is 2.28. The number of piperidine rings is 1. The van der Waals surface area contributed by atoms with E-state index in [2.05, 4.69) is 64.0 Å². The first-order chi connectivity index (χ1) is 14.2. The number of hydrogen-bond donors (Lipinski definition) is 0. The standard InChI is InChI=1S/C24H26N4O/c1-17-21(16-28-13-6-5-9-22(28)23-25-12-14-27(23)2)26-24(29-17)20-11-10-18-7-3-4-8-19(18)15-20/h3-4,7-8,10-12,14-15,22H,5-6,9,13,16H2,1-2H3/t22-/m1/s1. The Balaban J connectivity index is 1.43. The van der Waals surface area contributed by atoms with Gasteiger partial charge in [-0.15, -0.1) is 0 Å². The molecule has 2 aromatic heterocycles. The van der Waals surface area contributed by atoms with E-state index in [9.17, 15) is 0 Å². The quantitative estimate of drug-likeness (QED) is 0.480. The number of fused-ring (bicyclic) bond motifs is 1. The summed E-state index contributed by atoms with van der Waals surface area (Å²) in [6.07, 6.45) is 7.52. The van der Waals surface area contributed by atoms with Crippen LogP contribution in [0.5, 0.6) is 0 Å². The summed E-state index contributed by atoms with van der Waals surface area (Å²) in [6, 6.07) is 15.1. The highest BCUT2D eigenvalue weighted by Crippen LogP contribution is 2.32. The monoisotopic (exact) mass is 386 g/mol. The summed E-state index contributed by atoms with van der Waals surface area (Å²) in [4.78, 5) is 12.0. The number of likely N-dealkylation sites (tertiary alicyclic amines) is 1. The maximum absolute atomic E-state index is 6.08. The Bertz CT molecular complexity index is 1140. The number of aromatic nitrogens is 3. The van der Waals surface area contributed by atoms with Crippen molar-refractivity contribution in [3.63, 3.8) is 0 Å². The molecule has 148 valence electrons. The van der Waals surface area contributed by atoms with Crippen LogP contribution in [0.4, 0.5) is 0 Å². The fraction of sp³-hybridized carbons (Fsp3) is 0.333. The summed E-state index contributed by atoms with van der Waals surface area (Å²) in [5, 5.41) is 2.43. The van der Waals surface area contributed by atoms with Crippen LogP contribution in [-0.2, 0) is 13.6 Å². The lowest BCUT2D eigenvalue weighted by Gasteiger charge is -2.34. The number of benzene rings is 2. The SMILES string of the molecule is Cc1oc(-c2ccc3ccccc3c2)nc1CN1CCCC[C@@H]1c1nccn1C. The summed E-state index contributed by atoms with van der Waals surface area (Å²) in [5.74, 6) is 2.74. The summed E-state index contributed by atoms with van der Waals surface area (Å²) in [5.41, 5.74) is 2.05. The number of rotatable bonds is 4. The number of aryl methyl sites for hydroxylation is 2. The molecule has 0 radical (unpaired) electrons. The van der Waals surface area contributed by atoms with Crippen molar-refractivity contribution < 1.29 is 4.42 Å². The molecule has 1 fully saturated rings. The minimum absolute atomic E-state index is 0.337. The number of oxazole rings is 1. The second-order valence-corrected chi connectivity index (χ2v) is 7.96. The van der Waals surface area contributed by atoms with Gasteiger partial charge in [-0.3, -0.25) is 4.90 Å². The van der Waals surface area contributed by atoms with Crippen LogP contribution in [0.25, 0.3) is 22.2 Å². The van der Waals surface area contributed by atoms with Gasteiger partial charge in [0.2, 0.25) is 5.89 Å². The molecule has 0 aliphatic carbocycles. The Labute approximate surface area is 171 Å². The van der Waals surface area contributed by atoms with Crippen molar-refractivity contribution in [1.29, 1.82) is 0 Å². The lowest BCUT2D eigenvalue weighted by atomic mass is 10.0. The van der Waals surface area contributed by atoms with Gasteiger partial charge in [-0.05, 0) is 49.2 Å². The smallest absolute Gasteiger partial charge is 0.226 e. The van der Waals surface area contributed by atoms with Gasteiger partial charge in [-0.2, -0.15) is 0 Å². The van der Waals surface area contributed by atoms with Crippen molar-refractivity contribution in [2.45, 2.75) is 38.8 Å². The molecule has 0 amide bonds. The highest BCUT2D eigenvalue weighted by molar-refractivity contribution is 5.86. The van der Waals surface area contributed by atoms with Gasteiger partial charge < -0.3 is 8.98 Å². The first-order valence-corrected chi connectivity index (χ1v) is 10.4. The van der Waals surface area contributed by atoms with Crippen molar-refractivity contribution in [3.8, 4) is 11.5 Å². The zero-order chi connectivity index (χ0) is 19.8. The molecule has 29 heavy (non-hydrogen) atoms. The largest absolute Gasteiger partial charge is 0.441 e. The van der Waals surface area contributed by atoms with E-state index in [1.807, 2.05) is 19.3 Å². The van der Waals surface area contributed by atoms with E-state index in [1.54, 1.807) is 0 Å². The minimum Gasteiger partial charge on any atom is -0.441 e. The lowest BCUT2D eigenvalue weighted by Crippen LogP contribution is -2.34. The molecular weight excluding hydrogens is 360 g/mol. The van der Waals surface area contributed by atoms with Crippen molar-refractivity contribution >= 4 is 10.8 Å². The third-order valence-electron chi connectivity index (χ3n) is 6.01. The zero-order valence-corrected chi connectivity index (χ0v) is 17.0. The highest BCUT2D eigenvalue weighted by atomic mass is 16.4. The van der Waals surface area contributed by atoms with Gasteiger partial charge in [-0.25, -0.2) is 9.97 Å². The van der Waals surface area contributed by atoms with Gasteiger partial charge in [0, 0.05) is 31.5 Å². The Morgan fingerprint density at radius 2 is 1.97 bits per heavy atom. The molecule has 0 unspecified atom stereocenters. The van der Waals surface area contributed by atoms with E-state index in [1.165, 1.54) is 23.6 Å². The Hall–Kier alpha value is -2.92.